The van der Waals surface area contributed by atoms with Crippen LogP contribution in [0.25, 0.3) is 0 Å². The van der Waals surface area contributed by atoms with Crippen molar-refractivity contribution in [2.24, 2.45) is 5.92 Å². The zero-order valence-corrected chi connectivity index (χ0v) is 23.6. The molecule has 7 nitrogen and oxygen atoms in total. The molecule has 0 heterocycles. The minimum atomic E-state index is -0.777. The molecule has 2 unspecified atom stereocenters. The third-order valence-electron chi connectivity index (χ3n) is 6.44. The Hall–Kier alpha value is -2.57. The molecule has 202 valence electrons. The smallest absolute Gasteiger partial charge is 0.408 e. The Kier molecular flexibility index (Phi) is 10.8. The van der Waals surface area contributed by atoms with Crippen LogP contribution in [0.3, 0.4) is 0 Å². The second-order valence-electron chi connectivity index (χ2n) is 11.5. The van der Waals surface area contributed by atoms with E-state index in [4.69, 9.17) is 4.74 Å². The van der Waals surface area contributed by atoms with E-state index in [-0.39, 0.29) is 23.8 Å². The summed E-state index contributed by atoms with van der Waals surface area (Å²) in [7, 11) is 0. The summed E-state index contributed by atoms with van der Waals surface area (Å²) in [5, 5.41) is 5.90. The number of nitrogens with one attached hydrogen (secondary N) is 2. The Morgan fingerprint density at radius 2 is 1.78 bits per heavy atom. The van der Waals surface area contributed by atoms with E-state index >= 15 is 0 Å². The van der Waals surface area contributed by atoms with Gasteiger partial charge in [0.15, 0.2) is 0 Å². The first kappa shape index (κ1) is 29.7. The van der Waals surface area contributed by atoms with Gasteiger partial charge in [0, 0.05) is 12.6 Å². The van der Waals surface area contributed by atoms with Crippen molar-refractivity contribution in [1.29, 1.82) is 0 Å². The number of ether oxygens (including phenoxy) is 1. The topological polar surface area (TPSA) is 87.7 Å². The molecule has 0 radical (unpaired) electrons. The number of unbranched alkanes of at least 4 members (excludes halogenated alkanes) is 2. The van der Waals surface area contributed by atoms with Gasteiger partial charge in [0.1, 0.15) is 17.7 Å². The van der Waals surface area contributed by atoms with Crippen molar-refractivity contribution in [2.75, 3.05) is 6.54 Å². The molecule has 1 fully saturated rings. The van der Waals surface area contributed by atoms with Crippen LogP contribution in [0.2, 0.25) is 0 Å². The third-order valence-corrected chi connectivity index (χ3v) is 6.44. The van der Waals surface area contributed by atoms with Crippen LogP contribution in [-0.2, 0) is 14.3 Å². The van der Waals surface area contributed by atoms with Gasteiger partial charge in [-0.05, 0) is 82.9 Å². The Morgan fingerprint density at radius 3 is 2.33 bits per heavy atom. The maximum atomic E-state index is 14.1. The summed E-state index contributed by atoms with van der Waals surface area (Å²) in [6, 6.07) is 4.35. The highest BCUT2D eigenvalue weighted by Gasteiger charge is 2.44. The Labute approximate surface area is 217 Å². The molecule has 2 atom stereocenters. The van der Waals surface area contributed by atoms with Crippen molar-refractivity contribution in [1.82, 2.24) is 15.5 Å². The lowest BCUT2D eigenvalue weighted by Crippen LogP contribution is -2.54. The molecule has 0 aromatic heterocycles. The van der Waals surface area contributed by atoms with Crippen LogP contribution in [0.4, 0.5) is 4.79 Å². The molecule has 3 amide bonds. The molecule has 0 saturated heterocycles. The highest BCUT2D eigenvalue weighted by molar-refractivity contribution is 5.92. The van der Waals surface area contributed by atoms with Crippen LogP contribution in [0.1, 0.15) is 103 Å². The number of amides is 3. The van der Waals surface area contributed by atoms with Gasteiger partial charge in [0.2, 0.25) is 11.8 Å². The molecule has 0 aliphatic heterocycles. The monoisotopic (exact) mass is 501 g/mol. The third kappa shape index (κ3) is 8.82. The summed E-state index contributed by atoms with van der Waals surface area (Å²) in [4.78, 5) is 42.2. The summed E-state index contributed by atoms with van der Waals surface area (Å²) in [5.74, 6) is -0.232. The minimum absolute atomic E-state index is 0.0288. The van der Waals surface area contributed by atoms with Gasteiger partial charge in [-0.25, -0.2) is 4.79 Å². The first-order chi connectivity index (χ1) is 16.9. The highest BCUT2D eigenvalue weighted by Crippen LogP contribution is 2.37. The van der Waals surface area contributed by atoms with Crippen LogP contribution in [0.5, 0.6) is 0 Å². The molecule has 1 aromatic carbocycles. The van der Waals surface area contributed by atoms with E-state index in [1.807, 2.05) is 45.9 Å². The second-order valence-corrected chi connectivity index (χ2v) is 11.5. The van der Waals surface area contributed by atoms with Gasteiger partial charge in [-0.3, -0.25) is 9.59 Å². The van der Waals surface area contributed by atoms with E-state index in [1.54, 1.807) is 25.7 Å². The fourth-order valence-corrected chi connectivity index (χ4v) is 4.36. The summed E-state index contributed by atoms with van der Waals surface area (Å²) in [5.41, 5.74) is 2.24. The molecule has 1 saturated carbocycles. The number of hydrogen-bond donors (Lipinski definition) is 2. The number of aryl methyl sites for hydroxylation is 1. The lowest BCUT2D eigenvalue weighted by atomic mass is 9.94. The van der Waals surface area contributed by atoms with Gasteiger partial charge in [0.25, 0.3) is 0 Å². The van der Waals surface area contributed by atoms with Crippen LogP contribution in [0, 0.1) is 19.8 Å². The van der Waals surface area contributed by atoms with Crippen molar-refractivity contribution in [3.8, 4) is 0 Å². The van der Waals surface area contributed by atoms with Crippen LogP contribution >= 0.6 is 0 Å². The Morgan fingerprint density at radius 1 is 1.11 bits per heavy atom. The average molecular weight is 502 g/mol. The van der Waals surface area contributed by atoms with Crippen LogP contribution < -0.4 is 10.6 Å². The SMILES string of the molecule is CCCCCNC(=O)C(c1cccc(C)c1C)N(C(=O)C(CC(C)C)NC(=O)OC(C)(C)C)C1CC1. The first-order valence-electron chi connectivity index (χ1n) is 13.5. The van der Waals surface area contributed by atoms with E-state index in [0.717, 1.165) is 48.8 Å². The number of rotatable bonds is 12. The number of carbonyl (C=O) groups excluding carboxylic acids is 3. The van der Waals surface area contributed by atoms with Gasteiger partial charge >= 0.3 is 6.09 Å². The molecule has 1 aliphatic carbocycles. The van der Waals surface area contributed by atoms with Gasteiger partial charge in [-0.15, -0.1) is 0 Å². The minimum Gasteiger partial charge on any atom is -0.444 e. The van der Waals surface area contributed by atoms with E-state index in [2.05, 4.69) is 17.6 Å². The average Bonchev–Trinajstić information content (AvgIpc) is 3.59. The van der Waals surface area contributed by atoms with Crippen molar-refractivity contribution >= 4 is 17.9 Å². The molecule has 2 N–H and O–H groups in total. The number of nitrogens with zero attached hydrogens (tertiary/aromatic N) is 1. The lowest BCUT2D eigenvalue weighted by Gasteiger charge is -2.36. The zero-order chi connectivity index (χ0) is 27.0. The summed E-state index contributed by atoms with van der Waals surface area (Å²) in [6.07, 6.45) is 4.53. The molecule has 1 aromatic rings. The Bertz CT molecular complexity index is 902. The highest BCUT2D eigenvalue weighted by atomic mass is 16.6. The molecule has 1 aliphatic rings. The largest absolute Gasteiger partial charge is 0.444 e. The van der Waals surface area contributed by atoms with E-state index in [9.17, 15) is 14.4 Å². The number of hydrogen-bond acceptors (Lipinski definition) is 4. The van der Waals surface area contributed by atoms with Crippen molar-refractivity contribution in [3.05, 3.63) is 34.9 Å². The lowest BCUT2D eigenvalue weighted by molar-refractivity contribution is -0.143. The van der Waals surface area contributed by atoms with Crippen molar-refractivity contribution in [2.45, 2.75) is 118 Å². The summed E-state index contributed by atoms with van der Waals surface area (Å²) >= 11 is 0. The molecular formula is C29H47N3O4. The van der Waals surface area contributed by atoms with E-state index in [0.29, 0.717) is 13.0 Å². The number of carbonyl (C=O) groups is 3. The molecule has 0 bridgehead atoms. The summed E-state index contributed by atoms with van der Waals surface area (Å²) < 4.78 is 5.46. The second kappa shape index (κ2) is 13.1. The van der Waals surface area contributed by atoms with Gasteiger partial charge in [0.05, 0.1) is 0 Å². The first-order valence-corrected chi connectivity index (χ1v) is 13.5. The zero-order valence-electron chi connectivity index (χ0n) is 23.6. The van der Waals surface area contributed by atoms with Gasteiger partial charge in [-0.2, -0.15) is 0 Å². The van der Waals surface area contributed by atoms with E-state index in [1.165, 1.54) is 0 Å². The fraction of sp³-hybridized carbons (Fsp3) is 0.690. The predicted molar refractivity (Wildman–Crippen MR) is 144 cm³/mol. The molecule has 2 rings (SSSR count). The molecule has 36 heavy (non-hydrogen) atoms. The number of alkyl carbamates (subject to hydrolysis) is 1. The van der Waals surface area contributed by atoms with Crippen molar-refractivity contribution in [3.63, 3.8) is 0 Å². The van der Waals surface area contributed by atoms with Crippen molar-refractivity contribution < 1.29 is 19.1 Å². The number of benzene rings is 1. The predicted octanol–water partition coefficient (Wildman–Crippen LogP) is 5.58. The molecule has 0 spiro atoms. The Balaban J connectivity index is 2.44. The van der Waals surface area contributed by atoms with Crippen LogP contribution in [0.15, 0.2) is 18.2 Å². The van der Waals surface area contributed by atoms with E-state index < -0.39 is 23.8 Å². The summed E-state index contributed by atoms with van der Waals surface area (Å²) in [6.45, 7) is 16.1. The van der Waals surface area contributed by atoms with Gasteiger partial charge < -0.3 is 20.3 Å². The molecular weight excluding hydrogens is 454 g/mol. The maximum absolute atomic E-state index is 14.1. The molecule has 7 heteroatoms. The normalized spacial score (nSPS) is 15.2. The maximum Gasteiger partial charge on any atom is 0.408 e. The standard InChI is InChI=1S/C29H47N3O4/c1-9-10-11-17-30-26(33)25(23-14-12-13-20(4)21(23)5)32(22-15-16-22)27(34)24(18-19(2)3)31-28(35)36-29(6,7)8/h12-14,19,22,24-25H,9-11,15-18H2,1-8H3,(H,30,33)(H,31,35). The quantitative estimate of drug-likeness (QED) is 0.366. The van der Waals surface area contributed by atoms with Gasteiger partial charge in [-0.1, -0.05) is 51.8 Å². The van der Waals surface area contributed by atoms with Crippen LogP contribution in [-0.4, -0.2) is 47.0 Å². The fourth-order valence-electron chi connectivity index (χ4n) is 4.36.